The number of carbonyl (C=O) groups is 2. The summed E-state index contributed by atoms with van der Waals surface area (Å²) in [5.74, 6) is -0.111. The summed E-state index contributed by atoms with van der Waals surface area (Å²) in [5, 5.41) is 0. The van der Waals surface area contributed by atoms with Crippen LogP contribution in [0.1, 0.15) is 78.5 Å². The molecule has 2 aromatic heterocycles. The molecule has 4 heterocycles. The van der Waals surface area contributed by atoms with E-state index in [0.717, 1.165) is 38.2 Å². The first kappa shape index (κ1) is 28.2. The topological polar surface area (TPSA) is 119 Å². The highest BCUT2D eigenvalue weighted by molar-refractivity contribution is 6.07. The van der Waals surface area contributed by atoms with Crippen molar-refractivity contribution < 1.29 is 18.7 Å². The van der Waals surface area contributed by atoms with Gasteiger partial charge < -0.3 is 9.64 Å². The van der Waals surface area contributed by atoms with Crippen LogP contribution >= 0.6 is 0 Å². The number of anilines is 1. The number of methoxy groups -OCH3 is 1. The maximum absolute atomic E-state index is 14.5. The number of ether oxygens (including phenoxy) is 1. The molecule has 3 aromatic rings. The van der Waals surface area contributed by atoms with E-state index in [1.165, 1.54) is 28.7 Å². The van der Waals surface area contributed by atoms with Crippen molar-refractivity contribution in [3.8, 4) is 5.75 Å². The number of pyridine rings is 1. The number of carbonyl (C=O) groups excluding carboxylic acids is 2. The van der Waals surface area contributed by atoms with E-state index in [-0.39, 0.29) is 47.1 Å². The average molecular weight is 601 g/mol. The molecular formula is C32H33FN6O5. The normalized spacial score (nSPS) is 17.5. The Labute approximate surface area is 252 Å². The van der Waals surface area contributed by atoms with Crippen molar-refractivity contribution in [1.82, 2.24) is 19.0 Å². The number of fused-ring (bicyclic) bond motifs is 1. The van der Waals surface area contributed by atoms with Crippen LogP contribution in [0.3, 0.4) is 0 Å². The minimum atomic E-state index is -0.645. The SMILES string of the molecule is COc1ccc(C(=O)N(CCCN2CCCC2=O)c2ccc(C3=Nc4c(c(=O)n(C5CC5)c(=O)n4C4CC4)C3)cn2)cc1F. The molecule has 1 saturated heterocycles. The van der Waals surface area contributed by atoms with Crippen molar-refractivity contribution in [3.63, 3.8) is 0 Å². The maximum atomic E-state index is 14.5. The van der Waals surface area contributed by atoms with Gasteiger partial charge in [-0.2, -0.15) is 0 Å². The van der Waals surface area contributed by atoms with Crippen LogP contribution in [-0.2, 0) is 11.2 Å². The molecular weight excluding hydrogens is 567 g/mol. The van der Waals surface area contributed by atoms with E-state index >= 15 is 0 Å². The summed E-state index contributed by atoms with van der Waals surface area (Å²) in [6.07, 6.45) is 7.26. The van der Waals surface area contributed by atoms with Crippen molar-refractivity contribution in [2.24, 2.45) is 4.99 Å². The second-order valence-corrected chi connectivity index (χ2v) is 11.9. The van der Waals surface area contributed by atoms with Gasteiger partial charge in [-0.1, -0.05) is 0 Å². The molecule has 0 atom stereocenters. The Morgan fingerprint density at radius 1 is 1.07 bits per heavy atom. The lowest BCUT2D eigenvalue weighted by atomic mass is 10.1. The Balaban J connectivity index is 1.16. The van der Waals surface area contributed by atoms with Crippen LogP contribution in [-0.4, -0.2) is 63.3 Å². The maximum Gasteiger partial charge on any atom is 0.333 e. The number of aliphatic imine (C=N–C) groups is 1. The summed E-state index contributed by atoms with van der Waals surface area (Å²) in [6, 6.07) is 7.61. The predicted octanol–water partition coefficient (Wildman–Crippen LogP) is 3.56. The van der Waals surface area contributed by atoms with Gasteiger partial charge in [0.2, 0.25) is 5.91 Å². The van der Waals surface area contributed by atoms with Gasteiger partial charge in [0.05, 0.1) is 18.4 Å². The molecule has 12 heteroatoms. The van der Waals surface area contributed by atoms with Gasteiger partial charge in [0.25, 0.3) is 11.5 Å². The van der Waals surface area contributed by atoms with Gasteiger partial charge >= 0.3 is 5.69 Å². The molecule has 2 aliphatic carbocycles. The van der Waals surface area contributed by atoms with E-state index < -0.39 is 11.7 Å². The van der Waals surface area contributed by atoms with Gasteiger partial charge in [-0.05, 0) is 68.9 Å². The fraction of sp³-hybridized carbons (Fsp3) is 0.438. The Kier molecular flexibility index (Phi) is 7.14. The highest BCUT2D eigenvalue weighted by Gasteiger charge is 2.37. The molecule has 0 N–H and O–H groups in total. The van der Waals surface area contributed by atoms with E-state index in [1.807, 2.05) is 0 Å². The van der Waals surface area contributed by atoms with E-state index in [9.17, 15) is 23.6 Å². The summed E-state index contributed by atoms with van der Waals surface area (Å²) in [4.78, 5) is 65.0. The van der Waals surface area contributed by atoms with Crippen LogP contribution in [0.4, 0.5) is 16.0 Å². The molecule has 0 unspecified atom stereocenters. The third-order valence-electron chi connectivity index (χ3n) is 8.78. The van der Waals surface area contributed by atoms with E-state index in [4.69, 9.17) is 9.73 Å². The van der Waals surface area contributed by atoms with Gasteiger partial charge in [-0.15, -0.1) is 0 Å². The molecule has 0 radical (unpaired) electrons. The molecule has 11 nitrogen and oxygen atoms in total. The molecule has 0 bridgehead atoms. The predicted molar refractivity (Wildman–Crippen MR) is 161 cm³/mol. The number of rotatable bonds is 10. The van der Waals surface area contributed by atoms with Crippen LogP contribution in [0.2, 0.25) is 0 Å². The first-order chi connectivity index (χ1) is 21.3. The number of aromatic nitrogens is 3. The van der Waals surface area contributed by atoms with E-state index in [0.29, 0.717) is 60.8 Å². The minimum absolute atomic E-state index is 0.0263. The van der Waals surface area contributed by atoms with E-state index in [2.05, 4.69) is 4.98 Å². The summed E-state index contributed by atoms with van der Waals surface area (Å²) in [6.45, 7) is 1.48. The van der Waals surface area contributed by atoms with Crippen LogP contribution < -0.4 is 20.9 Å². The molecule has 44 heavy (non-hydrogen) atoms. The van der Waals surface area contributed by atoms with Gasteiger partial charge in [0.15, 0.2) is 11.6 Å². The van der Waals surface area contributed by atoms with Crippen molar-refractivity contribution >= 4 is 29.2 Å². The van der Waals surface area contributed by atoms with Crippen molar-refractivity contribution in [2.75, 3.05) is 31.6 Å². The molecule has 0 spiro atoms. The number of likely N-dealkylation sites (tertiary alicyclic amines) is 1. The fourth-order valence-electron chi connectivity index (χ4n) is 6.13. The minimum Gasteiger partial charge on any atom is -0.494 e. The number of amides is 2. The van der Waals surface area contributed by atoms with Crippen LogP contribution in [0.5, 0.6) is 5.75 Å². The Morgan fingerprint density at radius 2 is 1.84 bits per heavy atom. The van der Waals surface area contributed by atoms with Crippen LogP contribution in [0, 0.1) is 5.82 Å². The van der Waals surface area contributed by atoms with Crippen LogP contribution in [0.25, 0.3) is 0 Å². The Hall–Kier alpha value is -4.61. The number of hydrogen-bond donors (Lipinski definition) is 0. The number of hydrogen-bond acceptors (Lipinski definition) is 7. The monoisotopic (exact) mass is 600 g/mol. The molecule has 228 valence electrons. The summed E-state index contributed by atoms with van der Waals surface area (Å²) >= 11 is 0. The third kappa shape index (κ3) is 5.11. The quantitative estimate of drug-likeness (QED) is 0.351. The van der Waals surface area contributed by atoms with E-state index in [1.54, 1.807) is 27.8 Å². The first-order valence-electron chi connectivity index (χ1n) is 15.2. The summed E-state index contributed by atoms with van der Waals surface area (Å²) < 4.78 is 22.6. The average Bonchev–Trinajstić information content (AvgIpc) is 3.95. The lowest BCUT2D eigenvalue weighted by Crippen LogP contribution is -2.40. The lowest BCUT2D eigenvalue weighted by molar-refractivity contribution is -0.127. The van der Waals surface area contributed by atoms with Crippen molar-refractivity contribution in [3.05, 3.63) is 79.9 Å². The largest absolute Gasteiger partial charge is 0.494 e. The standard InChI is InChI=1S/C32H33FN6O5/c1-44-26-11-5-19(16-24(26)33)30(41)37(15-3-14-36-13-2-4-28(36)40)27-12-6-20(18-34-27)25-17-23-29(35-25)38(21-7-8-21)32(43)39(31(23)42)22-9-10-22/h5-6,11-12,16,18,21-22H,2-4,7-10,13-15,17H2,1H3. The zero-order chi connectivity index (χ0) is 30.5. The highest BCUT2D eigenvalue weighted by atomic mass is 19.1. The van der Waals surface area contributed by atoms with Gasteiger partial charge in [-0.3, -0.25) is 28.4 Å². The highest BCUT2D eigenvalue weighted by Crippen LogP contribution is 2.40. The molecule has 2 amide bonds. The fourth-order valence-corrected chi connectivity index (χ4v) is 6.13. The molecule has 2 saturated carbocycles. The van der Waals surface area contributed by atoms with Gasteiger partial charge in [0, 0.05) is 61.9 Å². The molecule has 2 aliphatic heterocycles. The first-order valence-corrected chi connectivity index (χ1v) is 15.2. The molecule has 4 aliphatic rings. The van der Waals surface area contributed by atoms with Gasteiger partial charge in [-0.25, -0.2) is 19.2 Å². The number of nitrogens with zero attached hydrogens (tertiary/aromatic N) is 6. The zero-order valence-corrected chi connectivity index (χ0v) is 24.5. The second kappa shape index (κ2) is 11.1. The summed E-state index contributed by atoms with van der Waals surface area (Å²) in [5.41, 5.74) is 1.48. The summed E-state index contributed by atoms with van der Waals surface area (Å²) in [7, 11) is 1.36. The molecule has 1 aromatic carbocycles. The third-order valence-corrected chi connectivity index (χ3v) is 8.78. The smallest absolute Gasteiger partial charge is 0.333 e. The van der Waals surface area contributed by atoms with Crippen molar-refractivity contribution in [2.45, 2.75) is 63.5 Å². The van der Waals surface area contributed by atoms with Crippen LogP contribution in [0.15, 0.2) is 51.1 Å². The van der Waals surface area contributed by atoms with Gasteiger partial charge in [0.1, 0.15) is 11.6 Å². The Bertz CT molecular complexity index is 1810. The number of halogens is 1. The lowest BCUT2D eigenvalue weighted by Gasteiger charge is -2.24. The molecule has 3 fully saturated rings. The van der Waals surface area contributed by atoms with Crippen molar-refractivity contribution in [1.29, 1.82) is 0 Å². The zero-order valence-electron chi connectivity index (χ0n) is 24.5. The second-order valence-electron chi connectivity index (χ2n) is 11.9. The Morgan fingerprint density at radius 3 is 2.48 bits per heavy atom. The number of benzene rings is 1. The molecule has 7 rings (SSSR count).